The van der Waals surface area contributed by atoms with Crippen molar-refractivity contribution in [2.45, 2.75) is 163 Å². The predicted octanol–water partition coefficient (Wildman–Crippen LogP) is 8.60. The molecule has 6 bridgehead atoms. The normalized spacial score (nSPS) is 36.0. The van der Waals surface area contributed by atoms with Crippen molar-refractivity contribution in [3.05, 3.63) is 24.3 Å². The molecular formula is C45H66O10. The van der Waals surface area contributed by atoms with Crippen LogP contribution < -0.4 is 4.74 Å². The Morgan fingerprint density at radius 1 is 0.764 bits per heavy atom. The first-order chi connectivity index (χ1) is 25.8. The molecule has 3 aliphatic heterocycles. The lowest BCUT2D eigenvalue weighted by atomic mass is 9.65. The van der Waals surface area contributed by atoms with Gasteiger partial charge in [-0.25, -0.2) is 0 Å². The first kappa shape index (κ1) is 41.5. The van der Waals surface area contributed by atoms with Crippen molar-refractivity contribution in [2.75, 3.05) is 0 Å². The number of carbonyl (C=O) groups is 4. The Balaban J connectivity index is 0.000000143. The first-order valence-corrected chi connectivity index (χ1v) is 21.1. The van der Waals surface area contributed by atoms with Crippen LogP contribution >= 0.6 is 0 Å². The van der Waals surface area contributed by atoms with Crippen LogP contribution in [0.15, 0.2) is 24.3 Å². The van der Waals surface area contributed by atoms with Gasteiger partial charge in [-0.3, -0.25) is 19.2 Å². The summed E-state index contributed by atoms with van der Waals surface area (Å²) in [6, 6.07) is 6.11. The van der Waals surface area contributed by atoms with Crippen molar-refractivity contribution in [1.29, 1.82) is 0 Å². The fraction of sp³-hybridized carbons (Fsp3) is 0.778. The number of carbonyl (C=O) groups excluding carboxylic acids is 4. The molecule has 12 atom stereocenters. The minimum absolute atomic E-state index is 0.0455. The van der Waals surface area contributed by atoms with Gasteiger partial charge < -0.3 is 28.8 Å². The number of aromatic hydroxyl groups is 1. The van der Waals surface area contributed by atoms with E-state index in [1.54, 1.807) is 12.1 Å². The van der Waals surface area contributed by atoms with Crippen LogP contribution in [0.2, 0.25) is 0 Å². The van der Waals surface area contributed by atoms with E-state index in [0.717, 1.165) is 55.3 Å². The lowest BCUT2D eigenvalue weighted by molar-refractivity contribution is -0.183. The number of rotatable bonds is 10. The molecule has 7 aliphatic rings. The van der Waals surface area contributed by atoms with Crippen molar-refractivity contribution in [3.63, 3.8) is 0 Å². The molecule has 55 heavy (non-hydrogen) atoms. The molecule has 10 nitrogen and oxygen atoms in total. The molecule has 0 radical (unpaired) electrons. The van der Waals surface area contributed by atoms with E-state index >= 15 is 0 Å². The van der Waals surface area contributed by atoms with Crippen LogP contribution in [0.4, 0.5) is 0 Å². The van der Waals surface area contributed by atoms with Crippen LogP contribution in [-0.4, -0.2) is 59.0 Å². The number of hydrogen-bond acceptors (Lipinski definition) is 10. The van der Waals surface area contributed by atoms with E-state index in [2.05, 4.69) is 13.8 Å². The maximum atomic E-state index is 12.7. The van der Waals surface area contributed by atoms with Crippen LogP contribution in [0, 0.1) is 57.7 Å². The quantitative estimate of drug-likeness (QED) is 0.107. The first-order valence-electron chi connectivity index (χ1n) is 21.1. The van der Waals surface area contributed by atoms with Crippen LogP contribution in [0.3, 0.4) is 0 Å². The number of esters is 4. The van der Waals surface area contributed by atoms with Crippen molar-refractivity contribution in [1.82, 2.24) is 0 Å². The second-order valence-electron chi connectivity index (χ2n) is 19.5. The van der Waals surface area contributed by atoms with E-state index in [1.807, 2.05) is 55.4 Å². The maximum Gasteiger partial charge on any atom is 0.316 e. The third-order valence-electron chi connectivity index (χ3n) is 15.2. The number of ether oxygens (including phenoxy) is 5. The van der Waals surface area contributed by atoms with E-state index in [1.165, 1.54) is 37.8 Å². The van der Waals surface area contributed by atoms with Crippen LogP contribution in [0.1, 0.15) is 133 Å². The lowest BCUT2D eigenvalue weighted by Crippen LogP contribution is -2.49. The molecule has 3 saturated heterocycles. The smallest absolute Gasteiger partial charge is 0.316 e. The molecule has 1 aromatic carbocycles. The highest BCUT2D eigenvalue weighted by Gasteiger charge is 2.68. The Hall–Kier alpha value is -3.14. The number of phenolic OH excluding ortho intramolecular Hbond substituents is 1. The summed E-state index contributed by atoms with van der Waals surface area (Å²) in [6.45, 7) is 19.7. The molecule has 4 saturated carbocycles. The summed E-state index contributed by atoms with van der Waals surface area (Å²) < 4.78 is 28.0. The van der Waals surface area contributed by atoms with Gasteiger partial charge in [0.2, 0.25) is 0 Å². The topological polar surface area (TPSA) is 135 Å². The minimum Gasteiger partial charge on any atom is -0.508 e. The van der Waals surface area contributed by atoms with Gasteiger partial charge in [0.25, 0.3) is 0 Å². The van der Waals surface area contributed by atoms with E-state index in [9.17, 15) is 19.2 Å². The largest absolute Gasteiger partial charge is 0.508 e. The molecule has 10 heteroatoms. The Bertz CT molecular complexity index is 1600. The Kier molecular flexibility index (Phi) is 11.6. The van der Waals surface area contributed by atoms with Gasteiger partial charge in [-0.15, -0.1) is 0 Å². The van der Waals surface area contributed by atoms with Crippen LogP contribution in [0.5, 0.6) is 11.5 Å². The second kappa shape index (κ2) is 15.3. The fourth-order valence-corrected chi connectivity index (χ4v) is 10.5. The van der Waals surface area contributed by atoms with E-state index in [0.29, 0.717) is 24.5 Å². The van der Waals surface area contributed by atoms with Gasteiger partial charge in [0.15, 0.2) is 12.2 Å². The van der Waals surface area contributed by atoms with Gasteiger partial charge in [0.05, 0.1) is 28.3 Å². The van der Waals surface area contributed by atoms with E-state index in [-0.39, 0.29) is 58.8 Å². The summed E-state index contributed by atoms with van der Waals surface area (Å²) >= 11 is 0. The lowest BCUT2D eigenvalue weighted by Gasteiger charge is -2.46. The van der Waals surface area contributed by atoms with E-state index < -0.39 is 23.0 Å². The number of hydrogen-bond donors (Lipinski definition) is 1. The van der Waals surface area contributed by atoms with Gasteiger partial charge >= 0.3 is 23.9 Å². The standard InChI is InChI=1S/C20H32O2.C13H18O5.C12H16O3/c1-5-19(3,4)18(21)22-20(6-2)11-14-10-15(20)17-13-8-7-12(9-13)16(14)17;1-4-13(2,3)12(15)18-9-7-5-6-8(16-7)10(9)17-11(6)14;1-4-12(2,3)11(14)15-10-7-5-9(13)6-8-10/h12-17H,5-11H2,1-4H3;6-10H,4-5H2,1-3H3;5-8,13H,4H2,1-3H3. The van der Waals surface area contributed by atoms with Gasteiger partial charge in [-0.2, -0.15) is 0 Å². The molecule has 0 spiro atoms. The zero-order valence-electron chi connectivity index (χ0n) is 34.9. The molecular weight excluding hydrogens is 700 g/mol. The Labute approximate surface area is 328 Å². The predicted molar refractivity (Wildman–Crippen MR) is 206 cm³/mol. The Morgan fingerprint density at radius 2 is 1.35 bits per heavy atom. The van der Waals surface area contributed by atoms with Crippen molar-refractivity contribution >= 4 is 23.9 Å². The van der Waals surface area contributed by atoms with Crippen molar-refractivity contribution < 1.29 is 48.0 Å². The average Bonchev–Trinajstić information content (AvgIpc) is 4.03. The number of fused-ring (bicyclic) bond motifs is 10. The molecule has 3 heterocycles. The van der Waals surface area contributed by atoms with Crippen molar-refractivity contribution in [3.8, 4) is 11.5 Å². The monoisotopic (exact) mass is 766 g/mol. The second-order valence-corrected chi connectivity index (χ2v) is 19.5. The number of benzene rings is 1. The highest BCUT2D eigenvalue weighted by Crippen LogP contribution is 2.71. The van der Waals surface area contributed by atoms with Gasteiger partial charge in [0.1, 0.15) is 23.2 Å². The van der Waals surface area contributed by atoms with Crippen LogP contribution in [-0.2, 0) is 38.1 Å². The molecule has 7 fully saturated rings. The summed E-state index contributed by atoms with van der Waals surface area (Å²) in [7, 11) is 0. The molecule has 0 aromatic heterocycles. The molecule has 1 aromatic rings. The van der Waals surface area contributed by atoms with Gasteiger partial charge in [0, 0.05) is 5.92 Å². The average molecular weight is 767 g/mol. The highest BCUT2D eigenvalue weighted by atomic mass is 16.7. The summed E-state index contributed by atoms with van der Waals surface area (Å²) in [6.07, 6.45) is 9.65. The highest BCUT2D eigenvalue weighted by molar-refractivity contribution is 5.79. The van der Waals surface area contributed by atoms with Gasteiger partial charge in [-0.1, -0.05) is 27.7 Å². The maximum absolute atomic E-state index is 12.7. The third kappa shape index (κ3) is 7.66. The third-order valence-corrected chi connectivity index (χ3v) is 15.2. The summed E-state index contributed by atoms with van der Waals surface area (Å²) in [5.74, 6) is 5.17. The molecule has 12 unspecified atom stereocenters. The zero-order valence-corrected chi connectivity index (χ0v) is 34.9. The summed E-state index contributed by atoms with van der Waals surface area (Å²) in [5, 5.41) is 9.06. The zero-order chi connectivity index (χ0) is 40.2. The summed E-state index contributed by atoms with van der Waals surface area (Å²) in [4.78, 5) is 48.0. The SMILES string of the molecule is CCC(C)(C)C(=O)OC1(CC)CC2CC1C1C3CCC(C3)C21.CCC(C)(C)C(=O)OC1C2CC3C(=O)OC1C3O2.CCC(C)(C)C(=O)Oc1ccc(O)cc1. The number of phenols is 1. The molecule has 306 valence electrons. The molecule has 8 rings (SSSR count). The van der Waals surface area contributed by atoms with E-state index in [4.69, 9.17) is 28.8 Å². The Morgan fingerprint density at radius 3 is 1.95 bits per heavy atom. The molecule has 0 amide bonds. The van der Waals surface area contributed by atoms with Crippen LogP contribution in [0.25, 0.3) is 0 Å². The molecule has 1 N–H and O–H groups in total. The fourth-order valence-electron chi connectivity index (χ4n) is 10.5. The molecule has 4 aliphatic carbocycles. The summed E-state index contributed by atoms with van der Waals surface area (Å²) in [5.41, 5.74) is -1.44. The minimum atomic E-state index is -0.510. The van der Waals surface area contributed by atoms with Crippen molar-refractivity contribution in [2.24, 2.45) is 57.7 Å². The van der Waals surface area contributed by atoms with Gasteiger partial charge in [-0.05, 0) is 160 Å².